The summed E-state index contributed by atoms with van der Waals surface area (Å²) in [6, 6.07) is 13.8. The fraction of sp³-hybridized carbons (Fsp3) is 0.409. The van der Waals surface area contributed by atoms with E-state index in [2.05, 4.69) is 32.2 Å². The second-order valence-corrected chi connectivity index (χ2v) is 7.78. The number of nitrogens with zero attached hydrogens (tertiary/aromatic N) is 4. The van der Waals surface area contributed by atoms with Crippen LogP contribution in [0.3, 0.4) is 0 Å². The van der Waals surface area contributed by atoms with Gasteiger partial charge in [0.15, 0.2) is 5.65 Å². The first-order chi connectivity index (χ1) is 14.3. The average Bonchev–Trinajstić information content (AvgIpc) is 3.45. The zero-order valence-corrected chi connectivity index (χ0v) is 16.3. The maximum Gasteiger partial charge on any atom is 0.273 e. The van der Waals surface area contributed by atoms with E-state index in [0.29, 0.717) is 24.5 Å². The predicted molar refractivity (Wildman–Crippen MR) is 110 cm³/mol. The number of H-pyrrole nitrogens is 1. The first-order valence-corrected chi connectivity index (χ1v) is 10.3. The van der Waals surface area contributed by atoms with Crippen LogP contribution >= 0.6 is 0 Å². The zero-order chi connectivity index (χ0) is 19.6. The number of pyridine rings is 1. The molecule has 2 aromatic heterocycles. The van der Waals surface area contributed by atoms with Crippen molar-refractivity contribution < 1.29 is 9.53 Å². The Kier molecular flexibility index (Phi) is 4.99. The fourth-order valence-electron chi connectivity index (χ4n) is 4.47. The molecule has 2 atom stereocenters. The van der Waals surface area contributed by atoms with Crippen LogP contribution in [0, 0.1) is 0 Å². The Morgan fingerprint density at radius 2 is 1.93 bits per heavy atom. The van der Waals surface area contributed by atoms with Crippen molar-refractivity contribution >= 4 is 16.9 Å². The minimum atomic E-state index is -0.127. The number of likely N-dealkylation sites (tertiary alicyclic amines) is 1. The molecule has 2 fully saturated rings. The van der Waals surface area contributed by atoms with Crippen LogP contribution in [-0.2, 0) is 4.74 Å². The zero-order valence-electron chi connectivity index (χ0n) is 16.3. The van der Waals surface area contributed by atoms with Gasteiger partial charge >= 0.3 is 0 Å². The third-order valence-corrected chi connectivity index (χ3v) is 5.91. The van der Waals surface area contributed by atoms with Gasteiger partial charge < -0.3 is 14.5 Å². The Morgan fingerprint density at radius 3 is 2.76 bits per heavy atom. The Balaban J connectivity index is 1.47. The molecule has 1 aromatic carbocycles. The van der Waals surface area contributed by atoms with Crippen LogP contribution in [0.15, 0.2) is 48.7 Å². The van der Waals surface area contributed by atoms with Gasteiger partial charge in [0.05, 0.1) is 24.9 Å². The van der Waals surface area contributed by atoms with Crippen LogP contribution in [0.5, 0.6) is 0 Å². The lowest BCUT2D eigenvalue weighted by atomic mass is 9.97. The normalized spacial score (nSPS) is 23.0. The van der Waals surface area contributed by atoms with Crippen molar-refractivity contribution in [1.29, 1.82) is 0 Å². The van der Waals surface area contributed by atoms with Crippen molar-refractivity contribution in [3.63, 3.8) is 0 Å². The first-order valence-electron chi connectivity index (χ1n) is 10.3. The van der Waals surface area contributed by atoms with Gasteiger partial charge in [-0.3, -0.25) is 9.89 Å². The summed E-state index contributed by atoms with van der Waals surface area (Å²) in [4.78, 5) is 22.4. The summed E-state index contributed by atoms with van der Waals surface area (Å²) in [7, 11) is 0. The molecule has 0 spiro atoms. The number of hydrogen-bond donors (Lipinski definition) is 1. The van der Waals surface area contributed by atoms with E-state index in [9.17, 15) is 4.79 Å². The monoisotopic (exact) mass is 391 g/mol. The fourth-order valence-corrected chi connectivity index (χ4v) is 4.47. The lowest BCUT2D eigenvalue weighted by Gasteiger charge is -2.42. The molecule has 3 aromatic rings. The van der Waals surface area contributed by atoms with E-state index in [-0.39, 0.29) is 18.1 Å². The van der Waals surface area contributed by atoms with Gasteiger partial charge in [0.2, 0.25) is 0 Å². The summed E-state index contributed by atoms with van der Waals surface area (Å²) in [5.41, 5.74) is 2.17. The van der Waals surface area contributed by atoms with Gasteiger partial charge in [-0.05, 0) is 43.6 Å². The highest BCUT2D eigenvalue weighted by Gasteiger charge is 2.38. The third-order valence-electron chi connectivity index (χ3n) is 5.91. The number of aromatic nitrogens is 3. The highest BCUT2D eigenvalue weighted by atomic mass is 16.5. The maximum absolute atomic E-state index is 13.5. The van der Waals surface area contributed by atoms with Gasteiger partial charge in [0, 0.05) is 18.5 Å². The number of carbonyl (C=O) groups is 1. The molecule has 29 heavy (non-hydrogen) atoms. The number of benzene rings is 1. The molecule has 0 aliphatic carbocycles. The van der Waals surface area contributed by atoms with Crippen molar-refractivity contribution in [3.05, 3.63) is 59.9 Å². The van der Waals surface area contributed by atoms with Gasteiger partial charge in [-0.25, -0.2) is 4.98 Å². The molecule has 2 aliphatic rings. The second-order valence-electron chi connectivity index (χ2n) is 7.78. The number of ether oxygens (including phenoxy) is 1. The van der Waals surface area contributed by atoms with E-state index in [1.165, 1.54) is 12.8 Å². The predicted octanol–water partition coefficient (Wildman–Crippen LogP) is 2.64. The molecule has 1 N–H and O–H groups in total. The Labute approximate surface area is 169 Å². The summed E-state index contributed by atoms with van der Waals surface area (Å²) in [6.07, 6.45) is 4.13. The highest BCUT2D eigenvalue weighted by Crippen LogP contribution is 2.32. The molecular weight excluding hydrogens is 366 g/mol. The molecule has 0 bridgehead atoms. The number of amides is 1. The standard InChI is InChI=1S/C22H25N5O2/c28-22(18-9-8-17-14-23-25-21(17)24-18)27-12-13-29-19(15-26-10-4-5-11-26)20(27)16-6-2-1-3-7-16/h1-3,6-9,14,19-20H,4-5,10-13,15H2,(H,23,24,25)/t19-,20-/m0/s1. The molecule has 0 radical (unpaired) electrons. The van der Waals surface area contributed by atoms with Crippen LogP contribution in [0.1, 0.15) is 34.9 Å². The van der Waals surface area contributed by atoms with Crippen LogP contribution in [-0.4, -0.2) is 69.8 Å². The number of carbonyl (C=O) groups excluding carboxylic acids is 1. The van der Waals surface area contributed by atoms with E-state index in [4.69, 9.17) is 4.74 Å². The minimum Gasteiger partial charge on any atom is -0.373 e. The van der Waals surface area contributed by atoms with E-state index in [1.54, 1.807) is 12.3 Å². The molecule has 4 heterocycles. The van der Waals surface area contributed by atoms with Crippen molar-refractivity contribution in [1.82, 2.24) is 25.0 Å². The van der Waals surface area contributed by atoms with Crippen LogP contribution < -0.4 is 0 Å². The summed E-state index contributed by atoms with van der Waals surface area (Å²) in [6.45, 7) is 4.15. The maximum atomic E-state index is 13.5. The van der Waals surface area contributed by atoms with E-state index < -0.39 is 0 Å². The quantitative estimate of drug-likeness (QED) is 0.740. The molecule has 2 saturated heterocycles. The summed E-state index contributed by atoms with van der Waals surface area (Å²) in [5, 5.41) is 7.76. The van der Waals surface area contributed by atoms with Crippen molar-refractivity contribution in [2.24, 2.45) is 0 Å². The van der Waals surface area contributed by atoms with Gasteiger partial charge in [0.1, 0.15) is 5.69 Å². The number of nitrogens with one attached hydrogen (secondary N) is 1. The van der Waals surface area contributed by atoms with Crippen molar-refractivity contribution in [3.8, 4) is 0 Å². The molecular formula is C22H25N5O2. The molecule has 0 saturated carbocycles. The van der Waals surface area contributed by atoms with Crippen molar-refractivity contribution in [2.75, 3.05) is 32.8 Å². The first kappa shape index (κ1) is 18.3. The summed E-state index contributed by atoms with van der Waals surface area (Å²) >= 11 is 0. The number of hydrogen-bond acceptors (Lipinski definition) is 5. The average molecular weight is 391 g/mol. The highest BCUT2D eigenvalue weighted by molar-refractivity contribution is 5.94. The summed E-state index contributed by atoms with van der Waals surface area (Å²) in [5.74, 6) is -0.0647. The largest absolute Gasteiger partial charge is 0.373 e. The molecule has 2 aliphatic heterocycles. The SMILES string of the molecule is O=C(c1ccc2cn[nH]c2n1)N1CCO[C@@H](CN2CCCC2)[C@@H]1c1ccccc1. The molecule has 1 amide bonds. The lowest BCUT2D eigenvalue weighted by molar-refractivity contribution is -0.0708. The lowest BCUT2D eigenvalue weighted by Crippen LogP contribution is -2.51. The van der Waals surface area contributed by atoms with E-state index in [0.717, 1.165) is 30.6 Å². The van der Waals surface area contributed by atoms with Crippen LogP contribution in [0.4, 0.5) is 0 Å². The van der Waals surface area contributed by atoms with E-state index >= 15 is 0 Å². The molecule has 7 nitrogen and oxygen atoms in total. The Hall–Kier alpha value is -2.77. The molecule has 7 heteroatoms. The molecule has 0 unspecified atom stereocenters. The van der Waals surface area contributed by atoms with Gasteiger partial charge in [-0.2, -0.15) is 5.10 Å². The molecule has 150 valence electrons. The molecule has 5 rings (SSSR count). The topological polar surface area (TPSA) is 74.3 Å². The number of fused-ring (bicyclic) bond motifs is 1. The van der Waals surface area contributed by atoms with Crippen molar-refractivity contribution in [2.45, 2.75) is 25.0 Å². The number of rotatable bonds is 4. The smallest absolute Gasteiger partial charge is 0.273 e. The van der Waals surface area contributed by atoms with Gasteiger partial charge in [-0.15, -0.1) is 0 Å². The minimum absolute atomic E-state index is 0.0518. The van der Waals surface area contributed by atoms with Crippen LogP contribution in [0.2, 0.25) is 0 Å². The number of aromatic amines is 1. The summed E-state index contributed by atoms with van der Waals surface area (Å²) < 4.78 is 6.21. The van der Waals surface area contributed by atoms with Crippen LogP contribution in [0.25, 0.3) is 11.0 Å². The van der Waals surface area contributed by atoms with Gasteiger partial charge in [-0.1, -0.05) is 30.3 Å². The van der Waals surface area contributed by atoms with Gasteiger partial charge in [0.25, 0.3) is 5.91 Å². The Bertz CT molecular complexity index is 983. The third kappa shape index (κ3) is 3.63. The number of morpholine rings is 1. The second kappa shape index (κ2) is 7.93. The van der Waals surface area contributed by atoms with E-state index in [1.807, 2.05) is 29.2 Å². The Morgan fingerprint density at radius 1 is 1.10 bits per heavy atom.